The summed E-state index contributed by atoms with van der Waals surface area (Å²) in [6, 6.07) is 5.40. The van der Waals surface area contributed by atoms with Gasteiger partial charge in [-0.05, 0) is 74.9 Å². The highest BCUT2D eigenvalue weighted by Crippen LogP contribution is 2.41. The number of aliphatic hydroxyl groups excluding tert-OH is 6. The molecular weight excluding hydrogens is 1140 g/mol. The number of nitrogens with zero attached hydrogens (tertiary/aromatic N) is 3. The van der Waals surface area contributed by atoms with Crippen LogP contribution in [0.3, 0.4) is 0 Å². The lowest BCUT2D eigenvalue weighted by molar-refractivity contribution is -0.271. The standard InChI is InChI=1S/C54H63F2N7O22/c1-4-54(80)27-16-33-37-25(18-63(33)48(73)26(27)20-81-52(54)78)23(24-15-28(55)29(56)17-31(24)60-37)11-13-62(21(2)3)53(79)82-19-22-8-9-34(83-51-43(71)39(67)41(69)45(85-51)50(76)77)32(14-22)59-36(65)10-12-58-46(72)30(57)6-5-7-35(64)61-47-42(70)38(66)40(68)44(84-47)49(74)75/h8-9,14-17,21,30,38-45,47,51,66-71,80H,4-7,10-13,18-20,57H2,1-3H3,(H,58,72)(H,59,65)(H,61,64)(H,74,75)(H,76,77)/t30-,38-,39-,40-,41-,42+,43+,44-,45-,47+,51+,54-/m0/s1. The highest BCUT2D eigenvalue weighted by molar-refractivity contribution is 5.93. The molecule has 2 aromatic carbocycles. The van der Waals surface area contributed by atoms with Gasteiger partial charge in [0.15, 0.2) is 35.7 Å². The van der Waals surface area contributed by atoms with E-state index in [1.165, 1.54) is 33.7 Å². The molecule has 4 aromatic rings. The molecule has 12 atom stereocenters. The van der Waals surface area contributed by atoms with Gasteiger partial charge in [-0.3, -0.25) is 19.2 Å². The number of amides is 4. The van der Waals surface area contributed by atoms with Gasteiger partial charge in [0.1, 0.15) is 55.6 Å². The van der Waals surface area contributed by atoms with Gasteiger partial charge < -0.3 is 101 Å². The molecule has 0 aliphatic carbocycles. The van der Waals surface area contributed by atoms with E-state index >= 15 is 4.39 Å². The second kappa shape index (κ2) is 25.8. The van der Waals surface area contributed by atoms with Gasteiger partial charge in [0.2, 0.25) is 24.0 Å². The number of aliphatic hydroxyl groups is 7. The van der Waals surface area contributed by atoms with Crippen molar-refractivity contribution in [1.82, 2.24) is 25.1 Å². The lowest BCUT2D eigenvalue weighted by atomic mass is 9.86. The van der Waals surface area contributed by atoms with Gasteiger partial charge >= 0.3 is 24.0 Å². The van der Waals surface area contributed by atoms with Crippen LogP contribution in [-0.2, 0) is 79.5 Å². The lowest BCUT2D eigenvalue weighted by Crippen LogP contribution is -2.64. The molecule has 0 radical (unpaired) electrons. The Morgan fingerprint density at radius 1 is 0.871 bits per heavy atom. The number of halogens is 2. The van der Waals surface area contributed by atoms with Crippen molar-refractivity contribution in [3.8, 4) is 17.1 Å². The number of carbonyl (C=O) groups is 7. The number of carboxylic acid groups (broad SMARTS) is 2. The van der Waals surface area contributed by atoms with Crippen molar-refractivity contribution in [3.05, 3.63) is 86.2 Å². The fraction of sp³-hybridized carbons (Fsp3) is 0.500. The van der Waals surface area contributed by atoms with E-state index in [0.717, 1.165) is 12.1 Å². The van der Waals surface area contributed by atoms with Crippen LogP contribution in [0.5, 0.6) is 5.75 Å². The summed E-state index contributed by atoms with van der Waals surface area (Å²) in [6.45, 7) is 3.49. The predicted molar refractivity (Wildman–Crippen MR) is 282 cm³/mol. The maximum atomic E-state index is 15.0. The Kier molecular flexibility index (Phi) is 19.2. The predicted octanol–water partition coefficient (Wildman–Crippen LogP) is -1.83. The number of ether oxygens (including phenoxy) is 5. The SMILES string of the molecule is CC[C@@]1(O)C(=O)OCc2c1cc1n(c2=O)Cc2c-1nc1cc(F)c(F)cc1c2CCN(C(=O)OCc1ccc(O[C@@H]2O[C@H](C(=O)O)[C@@H](O)[C@H](O)[C@H]2O)c(NC(=O)CCNC(=O)[C@@H](N)CCCC(=O)N[C@@H]2O[C@H](C(=O)O)[C@@H](O)[C@H](O)[C@H]2O)c1)C(C)C. The average molecular weight is 1200 g/mol. The number of cyclic esters (lactones) is 1. The van der Waals surface area contributed by atoms with E-state index in [4.69, 9.17) is 29.4 Å². The minimum absolute atomic E-state index is 0.00944. The normalized spacial score (nSPS) is 25.4. The molecule has 2 fully saturated rings. The molecule has 460 valence electrons. The summed E-state index contributed by atoms with van der Waals surface area (Å²) in [5.74, 6) is -9.31. The summed E-state index contributed by atoms with van der Waals surface area (Å²) in [4.78, 5) is 109. The van der Waals surface area contributed by atoms with Crippen molar-refractivity contribution in [1.29, 1.82) is 0 Å². The molecule has 85 heavy (non-hydrogen) atoms. The summed E-state index contributed by atoms with van der Waals surface area (Å²) in [6.07, 6.45) is -21.5. The van der Waals surface area contributed by atoms with Gasteiger partial charge in [0.05, 0.1) is 40.7 Å². The topological polar surface area (TPSA) is 448 Å². The Bertz CT molecular complexity index is 3350. The number of hydrogen-bond donors (Lipinski definition) is 13. The summed E-state index contributed by atoms with van der Waals surface area (Å²) in [7, 11) is 0. The number of benzene rings is 2. The molecule has 2 aromatic heterocycles. The van der Waals surface area contributed by atoms with Gasteiger partial charge in [-0.25, -0.2) is 32.9 Å². The molecule has 29 nitrogen and oxygen atoms in total. The number of carboxylic acids is 2. The number of aromatic nitrogens is 2. The molecule has 31 heteroatoms. The largest absolute Gasteiger partial charge is 0.479 e. The van der Waals surface area contributed by atoms with Crippen LogP contribution in [-0.4, -0.2) is 189 Å². The zero-order valence-electron chi connectivity index (χ0n) is 45.7. The first-order valence-electron chi connectivity index (χ1n) is 26.8. The third-order valence-corrected chi connectivity index (χ3v) is 15.1. The fourth-order valence-corrected chi connectivity index (χ4v) is 10.3. The van der Waals surface area contributed by atoms with Crippen molar-refractivity contribution >= 4 is 58.3 Å². The van der Waals surface area contributed by atoms with Crippen LogP contribution in [0.1, 0.15) is 80.7 Å². The molecule has 0 unspecified atom stereocenters. The molecule has 14 N–H and O–H groups in total. The van der Waals surface area contributed by atoms with Crippen LogP contribution in [0.15, 0.2) is 41.2 Å². The van der Waals surface area contributed by atoms with Crippen LogP contribution < -0.4 is 32.0 Å². The van der Waals surface area contributed by atoms with Gasteiger partial charge in [0.25, 0.3) is 5.56 Å². The molecule has 6 heterocycles. The maximum Gasteiger partial charge on any atom is 0.410 e. The van der Waals surface area contributed by atoms with Gasteiger partial charge in [-0.2, -0.15) is 0 Å². The number of fused-ring (bicyclic) bond motifs is 5. The Hall–Kier alpha value is -7.85. The molecule has 2 saturated heterocycles. The smallest absolute Gasteiger partial charge is 0.410 e. The zero-order valence-corrected chi connectivity index (χ0v) is 45.7. The molecule has 0 saturated carbocycles. The second-order valence-corrected chi connectivity index (χ2v) is 21.0. The minimum Gasteiger partial charge on any atom is -0.479 e. The monoisotopic (exact) mass is 1200 g/mol. The van der Waals surface area contributed by atoms with Gasteiger partial charge in [0, 0.05) is 54.6 Å². The number of carbonyl (C=O) groups excluding carboxylic acids is 5. The quantitative estimate of drug-likeness (QED) is 0.0359. The van der Waals surface area contributed by atoms with E-state index in [9.17, 15) is 88.7 Å². The van der Waals surface area contributed by atoms with Crippen molar-refractivity contribution in [3.63, 3.8) is 0 Å². The molecule has 8 rings (SSSR count). The van der Waals surface area contributed by atoms with Crippen LogP contribution in [0.4, 0.5) is 19.3 Å². The third kappa shape index (κ3) is 13.0. The summed E-state index contributed by atoms with van der Waals surface area (Å²) < 4.78 is 58.2. The number of nitrogens with one attached hydrogen (secondary N) is 3. The van der Waals surface area contributed by atoms with E-state index in [1.54, 1.807) is 20.8 Å². The van der Waals surface area contributed by atoms with E-state index in [0.29, 0.717) is 11.1 Å². The van der Waals surface area contributed by atoms with E-state index in [2.05, 4.69) is 20.9 Å². The van der Waals surface area contributed by atoms with Crippen LogP contribution in [0.2, 0.25) is 0 Å². The molecular formula is C54H63F2N7O22. The van der Waals surface area contributed by atoms with Gasteiger partial charge in [-0.15, -0.1) is 0 Å². The third-order valence-electron chi connectivity index (χ3n) is 15.1. The van der Waals surface area contributed by atoms with Gasteiger partial charge in [-0.1, -0.05) is 13.0 Å². The molecule has 0 spiro atoms. The first kappa shape index (κ1) is 63.2. The minimum atomic E-state index is -2.14. The van der Waals surface area contributed by atoms with E-state index in [1.807, 2.05) is 0 Å². The van der Waals surface area contributed by atoms with Crippen LogP contribution >= 0.6 is 0 Å². The lowest BCUT2D eigenvalue weighted by Gasteiger charge is -2.38. The highest BCUT2D eigenvalue weighted by Gasteiger charge is 2.50. The van der Waals surface area contributed by atoms with Crippen molar-refractivity contribution in [2.45, 2.75) is 158 Å². The zero-order chi connectivity index (χ0) is 62.1. The molecule has 0 bridgehead atoms. The number of anilines is 1. The molecule has 4 aliphatic heterocycles. The number of pyridine rings is 2. The summed E-state index contributed by atoms with van der Waals surface area (Å²) in [5.41, 5.74) is 4.60. The van der Waals surface area contributed by atoms with E-state index in [-0.39, 0.29) is 102 Å². The fourth-order valence-electron chi connectivity index (χ4n) is 10.3. The number of esters is 1. The highest BCUT2D eigenvalue weighted by atomic mass is 19.2. The van der Waals surface area contributed by atoms with Crippen molar-refractivity contribution in [2.75, 3.05) is 18.4 Å². The second-order valence-electron chi connectivity index (χ2n) is 21.0. The first-order chi connectivity index (χ1) is 40.1. The number of nitrogens with two attached hydrogens (primary N) is 1. The van der Waals surface area contributed by atoms with Crippen molar-refractivity contribution in [2.24, 2.45) is 5.73 Å². The van der Waals surface area contributed by atoms with Crippen molar-refractivity contribution < 1.29 is 112 Å². The van der Waals surface area contributed by atoms with E-state index < -0.39 is 158 Å². The van der Waals surface area contributed by atoms with Crippen LogP contribution in [0, 0.1) is 11.6 Å². The number of aliphatic carboxylic acids is 2. The summed E-state index contributed by atoms with van der Waals surface area (Å²) in [5, 5.41) is 99.1. The Morgan fingerprint density at radius 3 is 2.21 bits per heavy atom. The maximum absolute atomic E-state index is 15.0. The Labute approximate surface area is 479 Å². The average Bonchev–Trinajstić information content (AvgIpc) is 1.67. The number of hydrogen-bond acceptors (Lipinski definition) is 22. The number of rotatable bonds is 21. The molecule has 4 aliphatic rings. The van der Waals surface area contributed by atoms with Crippen LogP contribution in [0.25, 0.3) is 22.3 Å². The Morgan fingerprint density at radius 2 is 1.54 bits per heavy atom. The first-order valence-corrected chi connectivity index (χ1v) is 26.8. The Balaban J connectivity index is 0.938. The molecule has 4 amide bonds. The summed E-state index contributed by atoms with van der Waals surface area (Å²) >= 11 is 0.